The van der Waals surface area contributed by atoms with Crippen molar-refractivity contribution in [3.63, 3.8) is 0 Å². The van der Waals surface area contributed by atoms with Crippen LogP contribution in [-0.4, -0.2) is 26.3 Å². The van der Waals surface area contributed by atoms with Gasteiger partial charge in [-0.3, -0.25) is 19.3 Å². The van der Waals surface area contributed by atoms with Gasteiger partial charge in [-0.2, -0.15) is 0 Å². The number of pyridine rings is 1. The van der Waals surface area contributed by atoms with Crippen molar-refractivity contribution in [1.82, 2.24) is 9.38 Å². The fraction of sp³-hybridized carbons (Fsp3) is 0.0909. The van der Waals surface area contributed by atoms with Crippen LogP contribution in [0.3, 0.4) is 0 Å². The van der Waals surface area contributed by atoms with E-state index in [1.165, 1.54) is 12.3 Å². The van der Waals surface area contributed by atoms with Gasteiger partial charge in [-0.15, -0.1) is 0 Å². The summed E-state index contributed by atoms with van der Waals surface area (Å²) in [7, 11) is 0. The molecule has 1 N–H and O–H groups in total. The Morgan fingerprint density at radius 1 is 1.10 bits per heavy atom. The number of hydrogen-bond donors (Lipinski definition) is 1. The summed E-state index contributed by atoms with van der Waals surface area (Å²) in [5.74, 6) is 0.246. The Kier molecular flexibility index (Phi) is 5.55. The SMILES string of the molecule is CC(Oc1ccc(-c2cn3cc([N+](=O)[O-])ccc3n2)cc1)C(=O)Nc1ccc(Cl)cc1. The lowest BCUT2D eigenvalue weighted by Gasteiger charge is -2.15. The maximum absolute atomic E-state index is 12.3. The molecule has 0 aliphatic rings. The van der Waals surface area contributed by atoms with Gasteiger partial charge in [0.05, 0.1) is 16.8 Å². The van der Waals surface area contributed by atoms with Crippen molar-refractivity contribution in [2.24, 2.45) is 0 Å². The Hall–Kier alpha value is -3.91. The second-order valence-electron chi connectivity index (χ2n) is 6.82. The first-order chi connectivity index (χ1) is 14.9. The number of carbonyl (C=O) groups excluding carboxylic acids is 1. The molecule has 0 spiro atoms. The van der Waals surface area contributed by atoms with E-state index in [4.69, 9.17) is 16.3 Å². The van der Waals surface area contributed by atoms with E-state index in [1.54, 1.807) is 60.0 Å². The highest BCUT2D eigenvalue weighted by Gasteiger charge is 2.15. The molecule has 0 bridgehead atoms. The zero-order valence-corrected chi connectivity index (χ0v) is 17.1. The average Bonchev–Trinajstić information content (AvgIpc) is 3.19. The van der Waals surface area contributed by atoms with Crippen LogP contribution in [0.1, 0.15) is 6.92 Å². The number of fused-ring (bicyclic) bond motifs is 1. The number of imidazole rings is 1. The number of aromatic nitrogens is 2. The van der Waals surface area contributed by atoms with Crippen LogP contribution in [-0.2, 0) is 4.79 Å². The zero-order valence-electron chi connectivity index (χ0n) is 16.4. The molecular weight excluding hydrogens is 420 g/mol. The van der Waals surface area contributed by atoms with E-state index in [1.807, 2.05) is 12.1 Å². The highest BCUT2D eigenvalue weighted by atomic mass is 35.5. The highest BCUT2D eigenvalue weighted by molar-refractivity contribution is 6.30. The van der Waals surface area contributed by atoms with Gasteiger partial charge < -0.3 is 10.1 Å². The summed E-state index contributed by atoms with van der Waals surface area (Å²) < 4.78 is 7.34. The van der Waals surface area contributed by atoms with Gasteiger partial charge in [-0.25, -0.2) is 4.98 Å². The summed E-state index contributed by atoms with van der Waals surface area (Å²) in [6.07, 6.45) is 2.43. The second-order valence-corrected chi connectivity index (χ2v) is 7.25. The van der Waals surface area contributed by atoms with E-state index in [9.17, 15) is 14.9 Å². The van der Waals surface area contributed by atoms with Gasteiger partial charge in [0.15, 0.2) is 6.10 Å². The van der Waals surface area contributed by atoms with Crippen LogP contribution in [0.2, 0.25) is 5.02 Å². The van der Waals surface area contributed by atoms with E-state index in [-0.39, 0.29) is 11.6 Å². The fourth-order valence-electron chi connectivity index (χ4n) is 2.97. The Bertz CT molecular complexity index is 1250. The average molecular weight is 437 g/mol. The molecule has 0 saturated carbocycles. The Morgan fingerprint density at radius 3 is 2.48 bits per heavy atom. The summed E-state index contributed by atoms with van der Waals surface area (Å²) in [6, 6.07) is 16.9. The molecule has 2 heterocycles. The number of anilines is 1. The van der Waals surface area contributed by atoms with Crippen LogP contribution in [0.25, 0.3) is 16.9 Å². The lowest BCUT2D eigenvalue weighted by Crippen LogP contribution is -2.30. The standard InChI is InChI=1S/C22H17ClN4O4/c1-14(22(28)24-17-6-4-16(23)5-7-17)31-19-9-2-15(3-10-19)20-13-26-12-18(27(29)30)8-11-21(26)25-20/h2-14H,1H3,(H,24,28). The third-order valence-electron chi connectivity index (χ3n) is 4.59. The third kappa shape index (κ3) is 4.65. The monoisotopic (exact) mass is 436 g/mol. The molecule has 4 rings (SSSR count). The van der Waals surface area contributed by atoms with Gasteiger partial charge >= 0.3 is 0 Å². The molecule has 0 radical (unpaired) electrons. The van der Waals surface area contributed by atoms with E-state index < -0.39 is 11.0 Å². The number of nitrogens with zero attached hydrogens (tertiary/aromatic N) is 3. The van der Waals surface area contributed by atoms with Crippen molar-refractivity contribution >= 4 is 34.5 Å². The van der Waals surface area contributed by atoms with Crippen molar-refractivity contribution in [3.05, 3.63) is 88.2 Å². The first-order valence-corrected chi connectivity index (χ1v) is 9.73. The van der Waals surface area contributed by atoms with Gasteiger partial charge in [0.25, 0.3) is 11.6 Å². The lowest BCUT2D eigenvalue weighted by molar-refractivity contribution is -0.385. The van der Waals surface area contributed by atoms with Crippen molar-refractivity contribution in [3.8, 4) is 17.0 Å². The lowest BCUT2D eigenvalue weighted by atomic mass is 10.1. The predicted molar refractivity (Wildman–Crippen MR) is 117 cm³/mol. The van der Waals surface area contributed by atoms with Crippen molar-refractivity contribution in [2.45, 2.75) is 13.0 Å². The van der Waals surface area contributed by atoms with E-state index in [0.29, 0.717) is 27.8 Å². The van der Waals surface area contributed by atoms with Crippen LogP contribution in [0.15, 0.2) is 73.1 Å². The number of rotatable bonds is 6. The summed E-state index contributed by atoms with van der Waals surface area (Å²) >= 11 is 5.85. The molecule has 0 fully saturated rings. The molecule has 0 saturated heterocycles. The summed E-state index contributed by atoms with van der Waals surface area (Å²) in [4.78, 5) is 27.3. The molecule has 31 heavy (non-hydrogen) atoms. The van der Waals surface area contributed by atoms with Gasteiger partial charge in [-0.05, 0) is 61.5 Å². The number of hydrogen-bond acceptors (Lipinski definition) is 5. The minimum absolute atomic E-state index is 0.00828. The number of amides is 1. The molecule has 0 aliphatic heterocycles. The van der Waals surface area contributed by atoms with E-state index in [0.717, 1.165) is 5.56 Å². The Labute approximate surface area is 182 Å². The second kappa shape index (κ2) is 8.45. The Morgan fingerprint density at radius 2 is 1.81 bits per heavy atom. The number of halogens is 1. The van der Waals surface area contributed by atoms with Gasteiger partial charge in [-0.1, -0.05) is 11.6 Å². The minimum Gasteiger partial charge on any atom is -0.481 e. The first kappa shape index (κ1) is 20.4. The maximum atomic E-state index is 12.3. The van der Waals surface area contributed by atoms with Gasteiger partial charge in [0.1, 0.15) is 11.4 Å². The molecule has 156 valence electrons. The molecule has 9 heteroatoms. The molecular formula is C22H17ClN4O4. The third-order valence-corrected chi connectivity index (χ3v) is 4.84. The van der Waals surface area contributed by atoms with Crippen LogP contribution in [0, 0.1) is 10.1 Å². The normalized spacial score (nSPS) is 11.8. The predicted octanol–water partition coefficient (Wildman–Crippen LogP) is 4.97. The molecule has 4 aromatic rings. The van der Waals surface area contributed by atoms with Crippen LogP contribution < -0.4 is 10.1 Å². The minimum atomic E-state index is -0.711. The zero-order chi connectivity index (χ0) is 22.0. The number of ether oxygens (including phenoxy) is 1. The molecule has 0 aliphatic carbocycles. The van der Waals surface area contributed by atoms with Gasteiger partial charge in [0, 0.05) is 28.5 Å². The van der Waals surface area contributed by atoms with Crippen molar-refractivity contribution in [1.29, 1.82) is 0 Å². The maximum Gasteiger partial charge on any atom is 0.286 e. The number of benzene rings is 2. The van der Waals surface area contributed by atoms with E-state index >= 15 is 0 Å². The van der Waals surface area contributed by atoms with Crippen molar-refractivity contribution < 1.29 is 14.5 Å². The summed E-state index contributed by atoms with van der Waals surface area (Å²) in [5.41, 5.74) is 2.71. The first-order valence-electron chi connectivity index (χ1n) is 9.36. The van der Waals surface area contributed by atoms with Crippen LogP contribution in [0.4, 0.5) is 11.4 Å². The van der Waals surface area contributed by atoms with Crippen LogP contribution in [0.5, 0.6) is 5.75 Å². The topological polar surface area (TPSA) is 98.8 Å². The van der Waals surface area contributed by atoms with E-state index in [2.05, 4.69) is 10.3 Å². The highest BCUT2D eigenvalue weighted by Crippen LogP contribution is 2.24. The smallest absolute Gasteiger partial charge is 0.286 e. The quantitative estimate of drug-likeness (QED) is 0.340. The number of nitrogens with one attached hydrogen (secondary N) is 1. The fourth-order valence-corrected chi connectivity index (χ4v) is 3.09. The molecule has 1 unspecified atom stereocenters. The number of nitro groups is 1. The largest absolute Gasteiger partial charge is 0.481 e. The molecule has 2 aromatic heterocycles. The van der Waals surface area contributed by atoms with Gasteiger partial charge in [0.2, 0.25) is 0 Å². The van der Waals surface area contributed by atoms with Crippen LogP contribution >= 0.6 is 11.6 Å². The summed E-state index contributed by atoms with van der Waals surface area (Å²) in [5, 5.41) is 14.3. The molecule has 1 atom stereocenters. The molecule has 1 amide bonds. The summed E-state index contributed by atoms with van der Waals surface area (Å²) in [6.45, 7) is 1.66. The molecule has 8 nitrogen and oxygen atoms in total. The Balaban J connectivity index is 1.44. The molecule has 2 aromatic carbocycles. The number of carbonyl (C=O) groups is 1. The van der Waals surface area contributed by atoms with Crippen molar-refractivity contribution in [2.75, 3.05) is 5.32 Å².